The minimum atomic E-state index is -1.26. The van der Waals surface area contributed by atoms with Crippen molar-refractivity contribution in [2.24, 2.45) is 5.18 Å². The normalized spacial score (nSPS) is 11.8. The standard InChI is InChI=1S/C10H11ClFN3O2/c1-15(2)10(16)9(14-17)13-6-3-4-8(12)7(11)5-6/h3-5,9,13H,1-2H3. The number of nitrogens with one attached hydrogen (secondary N) is 1. The minimum Gasteiger partial charge on any atom is -0.353 e. The van der Waals surface area contributed by atoms with Gasteiger partial charge >= 0.3 is 0 Å². The second-order valence-corrected chi connectivity index (χ2v) is 3.92. The Balaban J connectivity index is 2.84. The Kier molecular flexibility index (Phi) is 4.39. The Morgan fingerprint density at radius 3 is 2.65 bits per heavy atom. The summed E-state index contributed by atoms with van der Waals surface area (Å²) in [6.07, 6.45) is -1.26. The first kappa shape index (κ1) is 13.4. The van der Waals surface area contributed by atoms with Crippen molar-refractivity contribution in [3.8, 4) is 0 Å². The van der Waals surface area contributed by atoms with Crippen molar-refractivity contribution in [2.75, 3.05) is 19.4 Å². The van der Waals surface area contributed by atoms with E-state index in [0.29, 0.717) is 5.69 Å². The summed E-state index contributed by atoms with van der Waals surface area (Å²) >= 11 is 5.56. The summed E-state index contributed by atoms with van der Waals surface area (Å²) in [4.78, 5) is 23.3. The maximum Gasteiger partial charge on any atom is 0.271 e. The monoisotopic (exact) mass is 259 g/mol. The fourth-order valence-corrected chi connectivity index (χ4v) is 1.30. The third kappa shape index (κ3) is 3.39. The molecular formula is C10H11ClFN3O2. The zero-order valence-corrected chi connectivity index (χ0v) is 10.0. The van der Waals surface area contributed by atoms with Gasteiger partial charge in [0.15, 0.2) is 0 Å². The smallest absolute Gasteiger partial charge is 0.271 e. The highest BCUT2D eigenvalue weighted by atomic mass is 35.5. The number of likely N-dealkylation sites (N-methyl/N-ethyl adjacent to an activating group) is 1. The predicted molar refractivity (Wildman–Crippen MR) is 63.3 cm³/mol. The molecule has 1 atom stereocenters. The van der Waals surface area contributed by atoms with Gasteiger partial charge in [0, 0.05) is 19.8 Å². The van der Waals surface area contributed by atoms with Gasteiger partial charge in [-0.25, -0.2) is 4.39 Å². The molecule has 1 aromatic rings. The number of amides is 1. The van der Waals surface area contributed by atoms with Gasteiger partial charge in [0.1, 0.15) is 5.82 Å². The zero-order valence-electron chi connectivity index (χ0n) is 9.28. The molecule has 0 aromatic heterocycles. The second-order valence-electron chi connectivity index (χ2n) is 3.51. The zero-order chi connectivity index (χ0) is 13.0. The first-order valence-corrected chi connectivity index (χ1v) is 5.08. The Morgan fingerprint density at radius 2 is 2.18 bits per heavy atom. The van der Waals surface area contributed by atoms with Crippen molar-refractivity contribution in [2.45, 2.75) is 6.17 Å². The number of hydrogen-bond acceptors (Lipinski definition) is 4. The average molecular weight is 260 g/mol. The summed E-state index contributed by atoms with van der Waals surface area (Å²) in [7, 11) is 3.00. The highest BCUT2D eigenvalue weighted by molar-refractivity contribution is 6.31. The van der Waals surface area contributed by atoms with Crippen LogP contribution >= 0.6 is 11.6 Å². The summed E-state index contributed by atoms with van der Waals surface area (Å²) < 4.78 is 12.9. The van der Waals surface area contributed by atoms with E-state index in [1.807, 2.05) is 0 Å². The van der Waals surface area contributed by atoms with Gasteiger partial charge in [-0.3, -0.25) is 4.79 Å². The lowest BCUT2D eigenvalue weighted by molar-refractivity contribution is -0.129. The van der Waals surface area contributed by atoms with Gasteiger partial charge < -0.3 is 10.2 Å². The van der Waals surface area contributed by atoms with Crippen LogP contribution in [0.4, 0.5) is 10.1 Å². The molecule has 1 N–H and O–H groups in total. The Labute approximate surface area is 103 Å². The molecule has 0 heterocycles. The molecule has 0 aliphatic heterocycles. The molecule has 0 spiro atoms. The van der Waals surface area contributed by atoms with Gasteiger partial charge in [-0.05, 0) is 23.4 Å². The first-order chi connectivity index (χ1) is 7.95. The number of benzene rings is 1. The maximum absolute atomic E-state index is 12.9. The van der Waals surface area contributed by atoms with Gasteiger partial charge in [0.2, 0.25) is 6.17 Å². The van der Waals surface area contributed by atoms with Crippen LogP contribution in [-0.2, 0) is 4.79 Å². The van der Waals surface area contributed by atoms with E-state index in [-0.39, 0.29) is 5.02 Å². The van der Waals surface area contributed by atoms with Crippen LogP contribution in [0, 0.1) is 10.7 Å². The Morgan fingerprint density at radius 1 is 1.53 bits per heavy atom. The van der Waals surface area contributed by atoms with E-state index in [9.17, 15) is 14.1 Å². The van der Waals surface area contributed by atoms with E-state index >= 15 is 0 Å². The molecule has 1 rings (SSSR count). The molecule has 7 heteroatoms. The van der Waals surface area contributed by atoms with E-state index in [0.717, 1.165) is 6.07 Å². The lowest BCUT2D eigenvalue weighted by Crippen LogP contribution is -2.37. The van der Waals surface area contributed by atoms with E-state index in [1.54, 1.807) is 0 Å². The van der Waals surface area contributed by atoms with E-state index < -0.39 is 17.9 Å². The molecule has 0 saturated carbocycles. The van der Waals surface area contributed by atoms with E-state index in [4.69, 9.17) is 11.6 Å². The topological polar surface area (TPSA) is 61.8 Å². The van der Waals surface area contributed by atoms with Crippen LogP contribution in [0.3, 0.4) is 0 Å². The third-order valence-corrected chi connectivity index (χ3v) is 2.29. The van der Waals surface area contributed by atoms with Crippen molar-refractivity contribution in [3.63, 3.8) is 0 Å². The van der Waals surface area contributed by atoms with Gasteiger partial charge in [-0.2, -0.15) is 0 Å². The summed E-state index contributed by atoms with van der Waals surface area (Å²) in [5.41, 5.74) is 0.344. The molecule has 1 aromatic carbocycles. The lowest BCUT2D eigenvalue weighted by atomic mass is 10.3. The van der Waals surface area contributed by atoms with Gasteiger partial charge in [0.25, 0.3) is 5.91 Å². The molecule has 0 fully saturated rings. The maximum atomic E-state index is 12.9. The van der Waals surface area contributed by atoms with Crippen molar-refractivity contribution in [1.29, 1.82) is 0 Å². The van der Waals surface area contributed by atoms with Crippen LogP contribution in [-0.4, -0.2) is 31.1 Å². The first-order valence-electron chi connectivity index (χ1n) is 4.71. The molecule has 0 aliphatic carbocycles. The van der Waals surface area contributed by atoms with Crippen LogP contribution < -0.4 is 5.32 Å². The summed E-state index contributed by atoms with van der Waals surface area (Å²) in [5, 5.41) is 5.12. The van der Waals surface area contributed by atoms with Crippen molar-refractivity contribution in [1.82, 2.24) is 4.90 Å². The fourth-order valence-electron chi connectivity index (χ4n) is 1.12. The predicted octanol–water partition coefficient (Wildman–Crippen LogP) is 2.07. The van der Waals surface area contributed by atoms with Gasteiger partial charge in [-0.1, -0.05) is 11.6 Å². The summed E-state index contributed by atoms with van der Waals surface area (Å²) in [6, 6.07) is 3.77. The highest BCUT2D eigenvalue weighted by Gasteiger charge is 2.20. The van der Waals surface area contributed by atoms with E-state index in [1.165, 1.54) is 31.1 Å². The van der Waals surface area contributed by atoms with Gasteiger partial charge in [0.05, 0.1) is 5.02 Å². The van der Waals surface area contributed by atoms with Crippen molar-refractivity contribution < 1.29 is 9.18 Å². The number of carbonyl (C=O) groups excluding carboxylic acids is 1. The largest absolute Gasteiger partial charge is 0.353 e. The SMILES string of the molecule is CN(C)C(=O)C(N=O)Nc1ccc(F)c(Cl)c1. The molecule has 1 amide bonds. The number of nitrogens with zero attached hydrogens (tertiary/aromatic N) is 2. The van der Waals surface area contributed by atoms with Crippen LogP contribution in [0.5, 0.6) is 0 Å². The fraction of sp³-hybridized carbons (Fsp3) is 0.300. The number of hydrogen-bond donors (Lipinski definition) is 1. The van der Waals surface area contributed by atoms with Crippen LogP contribution in [0.15, 0.2) is 23.4 Å². The molecular weight excluding hydrogens is 249 g/mol. The number of carbonyl (C=O) groups is 1. The second kappa shape index (κ2) is 5.58. The van der Waals surface area contributed by atoms with Crippen LogP contribution in [0.25, 0.3) is 0 Å². The lowest BCUT2D eigenvalue weighted by Gasteiger charge is -2.16. The molecule has 0 saturated heterocycles. The molecule has 0 aliphatic rings. The molecule has 0 bridgehead atoms. The summed E-state index contributed by atoms with van der Waals surface area (Å²) in [5.74, 6) is -1.08. The molecule has 1 unspecified atom stereocenters. The minimum absolute atomic E-state index is 0.100. The molecule has 17 heavy (non-hydrogen) atoms. The number of rotatable bonds is 4. The number of anilines is 1. The van der Waals surface area contributed by atoms with Crippen LogP contribution in [0.1, 0.15) is 0 Å². The molecule has 92 valence electrons. The van der Waals surface area contributed by atoms with E-state index in [2.05, 4.69) is 10.5 Å². The van der Waals surface area contributed by atoms with Crippen molar-refractivity contribution >= 4 is 23.2 Å². The Hall–Kier alpha value is -1.69. The molecule has 0 radical (unpaired) electrons. The highest BCUT2D eigenvalue weighted by Crippen LogP contribution is 2.20. The van der Waals surface area contributed by atoms with Crippen LogP contribution in [0.2, 0.25) is 5.02 Å². The Bertz CT molecular complexity index is 440. The summed E-state index contributed by atoms with van der Waals surface area (Å²) in [6.45, 7) is 0. The average Bonchev–Trinajstić information content (AvgIpc) is 2.29. The third-order valence-electron chi connectivity index (χ3n) is 2.00. The molecule has 5 nitrogen and oxygen atoms in total. The number of nitroso groups, excluding NO2 is 1. The quantitative estimate of drug-likeness (QED) is 0.842. The van der Waals surface area contributed by atoms with Crippen molar-refractivity contribution in [3.05, 3.63) is 33.9 Å². The number of halogens is 2. The van der Waals surface area contributed by atoms with Gasteiger partial charge in [-0.15, -0.1) is 4.91 Å².